The van der Waals surface area contributed by atoms with Crippen molar-refractivity contribution >= 4 is 22.7 Å². The van der Waals surface area contributed by atoms with Crippen LogP contribution < -0.4 is 0 Å². The van der Waals surface area contributed by atoms with Crippen LogP contribution in [0.5, 0.6) is 0 Å². The molecule has 0 amide bonds. The summed E-state index contributed by atoms with van der Waals surface area (Å²) in [6, 6.07) is 21.2. The van der Waals surface area contributed by atoms with Gasteiger partial charge in [0.2, 0.25) is 0 Å². The van der Waals surface area contributed by atoms with Crippen LogP contribution in [0.4, 0.5) is 0 Å². The maximum absolute atomic E-state index is 2.26. The number of rotatable bonds is 3. The minimum Gasteiger partial charge on any atom is -0.0622 e. The Morgan fingerprint density at radius 3 is 2.22 bits per heavy atom. The molecule has 0 aliphatic rings. The van der Waals surface area contributed by atoms with Crippen molar-refractivity contribution in [1.29, 1.82) is 0 Å². The second kappa shape index (κ2) is 5.42. The van der Waals surface area contributed by atoms with Gasteiger partial charge in [0.25, 0.3) is 4.19 Å². The first kappa shape index (κ1) is 11.6. The highest BCUT2D eigenvalue weighted by molar-refractivity contribution is 7.32. The molecule has 0 N–H and O–H groups in total. The van der Waals surface area contributed by atoms with Crippen LogP contribution in [0.15, 0.2) is 66.0 Å². The predicted octanol–water partition coefficient (Wildman–Crippen LogP) is 5.35. The zero-order valence-electron chi connectivity index (χ0n) is 9.87. The molecule has 2 heteroatoms. The third-order valence-corrected chi connectivity index (χ3v) is 5.16. The lowest BCUT2D eigenvalue weighted by atomic mass is 10.2. The van der Waals surface area contributed by atoms with Gasteiger partial charge in [-0.3, -0.25) is 0 Å². The Morgan fingerprint density at radius 2 is 1.50 bits per heavy atom. The molecule has 0 bridgehead atoms. The van der Waals surface area contributed by atoms with Gasteiger partial charge in [-0.05, 0) is 5.56 Å². The van der Waals surface area contributed by atoms with Crippen molar-refractivity contribution in [1.82, 2.24) is 0 Å². The molecule has 3 aromatic rings. The third kappa shape index (κ3) is 2.66. The molecule has 0 aliphatic heterocycles. The predicted molar refractivity (Wildman–Crippen MR) is 81.3 cm³/mol. The van der Waals surface area contributed by atoms with E-state index in [1.165, 1.54) is 20.2 Å². The first-order valence-electron chi connectivity index (χ1n) is 5.92. The molecule has 0 nitrogen and oxygen atoms in total. The lowest BCUT2D eigenvalue weighted by Crippen LogP contribution is -1.80. The van der Waals surface area contributed by atoms with Gasteiger partial charge >= 0.3 is 0 Å². The Bertz CT molecular complexity index is 612. The highest BCUT2D eigenvalue weighted by atomic mass is 32.2. The maximum atomic E-state index is 2.26. The molecule has 0 saturated carbocycles. The fraction of sp³-hybridized carbons (Fsp3) is 0.0625. The van der Waals surface area contributed by atoms with Crippen LogP contribution >= 0.6 is 22.7 Å². The fourth-order valence-corrected chi connectivity index (χ4v) is 4.17. The molecule has 88 valence electrons. The van der Waals surface area contributed by atoms with E-state index in [0.717, 1.165) is 6.42 Å². The topological polar surface area (TPSA) is 0 Å². The minimum atomic E-state index is 1.04. The summed E-state index contributed by atoms with van der Waals surface area (Å²) in [6.07, 6.45) is 1.04. The van der Waals surface area contributed by atoms with Crippen LogP contribution in [0.3, 0.4) is 0 Å². The van der Waals surface area contributed by atoms with Crippen LogP contribution in [0.2, 0.25) is 0 Å². The summed E-state index contributed by atoms with van der Waals surface area (Å²) >= 11 is 3.76. The summed E-state index contributed by atoms with van der Waals surface area (Å²) in [5, 5.41) is 2.26. The molecule has 0 atom stereocenters. The first-order valence-corrected chi connectivity index (χ1v) is 7.61. The van der Waals surface area contributed by atoms with Crippen molar-refractivity contribution in [3.63, 3.8) is 0 Å². The minimum absolute atomic E-state index is 1.04. The highest BCUT2D eigenvalue weighted by Gasteiger charge is 2.15. The maximum Gasteiger partial charge on any atom is 0.259 e. The van der Waals surface area contributed by atoms with Crippen molar-refractivity contribution in [2.75, 3.05) is 0 Å². The fourth-order valence-electron chi connectivity index (χ4n) is 1.86. The molecule has 0 spiro atoms. The summed E-state index contributed by atoms with van der Waals surface area (Å²) in [6.45, 7) is 0. The molecule has 2 aromatic carbocycles. The van der Waals surface area contributed by atoms with Gasteiger partial charge in [-0.15, -0.1) is 0 Å². The Morgan fingerprint density at radius 1 is 0.833 bits per heavy atom. The summed E-state index contributed by atoms with van der Waals surface area (Å²) < 4.78 is 1.46. The number of hydrogen-bond donors (Lipinski definition) is 0. The lowest BCUT2D eigenvalue weighted by Gasteiger charge is -1.91. The molecule has 18 heavy (non-hydrogen) atoms. The van der Waals surface area contributed by atoms with E-state index in [9.17, 15) is 0 Å². The standard InChI is InChI=1S/C16H13S2/c1-3-7-13(8-4-1)11-16-17-12-15(18-16)14-9-5-2-6-10-14/h1-10,12H,11H2/q+1. The summed E-state index contributed by atoms with van der Waals surface area (Å²) in [4.78, 5) is 1.37. The normalized spacial score (nSPS) is 10.4. The average Bonchev–Trinajstić information content (AvgIpc) is 2.89. The van der Waals surface area contributed by atoms with Gasteiger partial charge in [0, 0.05) is 5.56 Å². The highest BCUT2D eigenvalue weighted by Crippen LogP contribution is 2.32. The van der Waals surface area contributed by atoms with Crippen LogP contribution in [0.1, 0.15) is 9.75 Å². The molecule has 0 aliphatic carbocycles. The zero-order chi connectivity index (χ0) is 12.2. The van der Waals surface area contributed by atoms with Gasteiger partial charge in [0.1, 0.15) is 5.38 Å². The van der Waals surface area contributed by atoms with Gasteiger partial charge in [0.05, 0.1) is 29.1 Å². The van der Waals surface area contributed by atoms with E-state index in [4.69, 9.17) is 0 Å². The number of hydrogen-bond acceptors (Lipinski definition) is 1. The molecule has 1 heterocycles. The van der Waals surface area contributed by atoms with E-state index in [-0.39, 0.29) is 0 Å². The lowest BCUT2D eigenvalue weighted by molar-refractivity contribution is 1.27. The second-order valence-electron chi connectivity index (χ2n) is 4.10. The first-order chi connectivity index (χ1) is 8.92. The summed E-state index contributed by atoms with van der Waals surface area (Å²) in [5.41, 5.74) is 2.70. The average molecular weight is 269 g/mol. The van der Waals surface area contributed by atoms with Gasteiger partial charge in [-0.2, -0.15) is 0 Å². The number of benzene rings is 2. The Balaban J connectivity index is 1.82. The molecule has 1 aromatic heterocycles. The van der Waals surface area contributed by atoms with Crippen molar-refractivity contribution in [2.45, 2.75) is 6.42 Å². The van der Waals surface area contributed by atoms with Crippen molar-refractivity contribution in [2.24, 2.45) is 0 Å². The molecule has 3 rings (SSSR count). The van der Waals surface area contributed by atoms with Crippen LogP contribution in [-0.2, 0) is 6.42 Å². The van der Waals surface area contributed by atoms with Crippen LogP contribution in [0, 0.1) is 0 Å². The van der Waals surface area contributed by atoms with Gasteiger partial charge in [-0.1, -0.05) is 60.7 Å². The SMILES string of the molecule is c1ccc(Cc2sc(-c3ccccc3)c[s+]2)cc1. The van der Waals surface area contributed by atoms with Crippen molar-refractivity contribution < 1.29 is 0 Å². The van der Waals surface area contributed by atoms with E-state index in [1.54, 1.807) is 0 Å². The largest absolute Gasteiger partial charge is 0.259 e. The van der Waals surface area contributed by atoms with Crippen molar-refractivity contribution in [3.05, 3.63) is 75.8 Å². The van der Waals surface area contributed by atoms with Crippen LogP contribution in [-0.4, -0.2) is 0 Å². The van der Waals surface area contributed by atoms with Gasteiger partial charge in [-0.25, -0.2) is 0 Å². The molecule has 0 saturated heterocycles. The van der Waals surface area contributed by atoms with E-state index < -0.39 is 0 Å². The van der Waals surface area contributed by atoms with Gasteiger partial charge in [0.15, 0.2) is 4.88 Å². The Kier molecular flexibility index (Phi) is 3.49. The summed E-state index contributed by atoms with van der Waals surface area (Å²) in [5.74, 6) is 0. The van der Waals surface area contributed by atoms with Crippen LogP contribution in [0.25, 0.3) is 10.4 Å². The Labute approximate surface area is 115 Å². The second-order valence-corrected chi connectivity index (χ2v) is 6.46. The molecule has 0 radical (unpaired) electrons. The van der Waals surface area contributed by atoms with E-state index in [2.05, 4.69) is 66.0 Å². The monoisotopic (exact) mass is 269 g/mol. The van der Waals surface area contributed by atoms with E-state index in [0.29, 0.717) is 0 Å². The summed E-state index contributed by atoms with van der Waals surface area (Å²) in [7, 11) is 0. The smallest absolute Gasteiger partial charge is 0.0622 e. The van der Waals surface area contributed by atoms with Gasteiger partial charge < -0.3 is 0 Å². The molecule has 0 unspecified atom stereocenters. The Hall–Kier alpha value is -1.51. The quantitative estimate of drug-likeness (QED) is 0.562. The zero-order valence-corrected chi connectivity index (χ0v) is 11.5. The molecule has 0 fully saturated rings. The van der Waals surface area contributed by atoms with E-state index >= 15 is 0 Å². The van der Waals surface area contributed by atoms with E-state index in [1.807, 2.05) is 22.7 Å². The van der Waals surface area contributed by atoms with Crippen molar-refractivity contribution in [3.8, 4) is 10.4 Å². The molecular weight excluding hydrogens is 256 g/mol. The molecular formula is C16H13S2+. The third-order valence-electron chi connectivity index (χ3n) is 2.77.